The van der Waals surface area contributed by atoms with E-state index in [-0.39, 0.29) is 0 Å². The lowest BCUT2D eigenvalue weighted by atomic mass is 10.1. The summed E-state index contributed by atoms with van der Waals surface area (Å²) in [6.07, 6.45) is 4.48. The van der Waals surface area contributed by atoms with Crippen LogP contribution in [-0.2, 0) is 19.3 Å². The third-order valence-corrected chi connectivity index (χ3v) is 7.65. The molecule has 8 nitrogen and oxygen atoms in total. The number of rotatable bonds is 5. The smallest absolute Gasteiger partial charge is 0.222 e. The van der Waals surface area contributed by atoms with E-state index in [2.05, 4.69) is 20.2 Å². The van der Waals surface area contributed by atoms with Crippen molar-refractivity contribution in [3.8, 4) is 11.1 Å². The van der Waals surface area contributed by atoms with Gasteiger partial charge in [0.2, 0.25) is 5.95 Å². The Bertz CT molecular complexity index is 937. The number of aromatic nitrogens is 2. The second-order valence-corrected chi connectivity index (χ2v) is 9.45. The zero-order chi connectivity index (χ0) is 20.3. The van der Waals surface area contributed by atoms with Gasteiger partial charge in [0.15, 0.2) is 9.84 Å². The predicted octanol–water partition coefficient (Wildman–Crippen LogP) is 1.97. The fraction of sp³-hybridized carbons (Fsp3) is 0.500. The highest BCUT2D eigenvalue weighted by Gasteiger charge is 2.30. The van der Waals surface area contributed by atoms with Crippen molar-refractivity contribution in [1.82, 2.24) is 9.97 Å². The summed E-state index contributed by atoms with van der Waals surface area (Å²) in [5, 5.41) is 2.49. The molecule has 0 aliphatic carbocycles. The maximum atomic E-state index is 13.4. The Morgan fingerprint density at radius 2 is 1.62 bits per heavy atom. The highest BCUT2D eigenvalue weighted by molar-refractivity contribution is 7.92. The highest BCUT2D eigenvalue weighted by atomic mass is 32.2. The topological polar surface area (TPSA) is 93.7 Å². The van der Waals surface area contributed by atoms with E-state index in [0.717, 1.165) is 29.9 Å². The van der Waals surface area contributed by atoms with E-state index in [4.69, 9.17) is 9.47 Å². The zero-order valence-corrected chi connectivity index (χ0v) is 17.3. The van der Waals surface area contributed by atoms with E-state index < -0.39 is 15.1 Å². The van der Waals surface area contributed by atoms with E-state index in [1.807, 2.05) is 6.07 Å². The van der Waals surface area contributed by atoms with Gasteiger partial charge in [-0.2, -0.15) is 0 Å². The number of sulfone groups is 1. The number of nitrogens with one attached hydrogen (secondary N) is 1. The van der Waals surface area contributed by atoms with Gasteiger partial charge in [0.25, 0.3) is 0 Å². The molecule has 1 aromatic heterocycles. The molecule has 0 radical (unpaired) electrons. The Hall–Kier alpha value is -2.23. The van der Waals surface area contributed by atoms with E-state index >= 15 is 0 Å². The van der Waals surface area contributed by atoms with Crippen molar-refractivity contribution in [1.29, 1.82) is 0 Å². The van der Waals surface area contributed by atoms with E-state index in [9.17, 15) is 8.42 Å². The summed E-state index contributed by atoms with van der Waals surface area (Å²) in [6.45, 7) is 3.70. The van der Waals surface area contributed by atoms with Gasteiger partial charge in [0, 0.05) is 57.0 Å². The number of hydrogen-bond donors (Lipinski definition) is 1. The van der Waals surface area contributed by atoms with Crippen LogP contribution in [0, 0.1) is 0 Å². The van der Waals surface area contributed by atoms with Crippen LogP contribution in [0.25, 0.3) is 11.1 Å². The average molecular weight is 419 g/mol. The normalized spacial score (nSPS) is 18.6. The number of nitrogens with zero attached hydrogens (tertiary/aromatic N) is 3. The van der Waals surface area contributed by atoms with Crippen LogP contribution in [-0.4, -0.2) is 70.2 Å². The van der Waals surface area contributed by atoms with Gasteiger partial charge in [0.1, 0.15) is 0 Å². The minimum Gasteiger partial charge on any atom is -0.381 e. The standard InChI is InChI=1S/C20H26N4O4S/c1-21-20-22-13-16(14-23-20)15-10-17(24-4-8-28-9-5-24)12-19(11-15)29(25,26)18-2-6-27-7-3-18/h10-14,18H,2-9H2,1H3,(H,21,22,23). The molecular formula is C20H26N4O4S. The quantitative estimate of drug-likeness (QED) is 0.788. The summed E-state index contributed by atoms with van der Waals surface area (Å²) in [5.74, 6) is 0.521. The summed E-state index contributed by atoms with van der Waals surface area (Å²) in [7, 11) is -1.70. The van der Waals surface area contributed by atoms with Gasteiger partial charge in [-0.25, -0.2) is 18.4 Å². The highest BCUT2D eigenvalue weighted by Crippen LogP contribution is 2.32. The molecule has 0 atom stereocenters. The molecule has 29 heavy (non-hydrogen) atoms. The predicted molar refractivity (Wildman–Crippen MR) is 111 cm³/mol. The average Bonchev–Trinajstić information content (AvgIpc) is 2.80. The third-order valence-electron chi connectivity index (χ3n) is 5.41. The summed E-state index contributed by atoms with van der Waals surface area (Å²) < 4.78 is 37.5. The van der Waals surface area contributed by atoms with Crippen LogP contribution in [0.2, 0.25) is 0 Å². The molecular weight excluding hydrogens is 392 g/mol. The molecule has 0 unspecified atom stereocenters. The molecule has 2 aromatic rings. The van der Waals surface area contributed by atoms with Crippen molar-refractivity contribution < 1.29 is 17.9 Å². The largest absolute Gasteiger partial charge is 0.381 e. The van der Waals surface area contributed by atoms with Crippen LogP contribution >= 0.6 is 0 Å². The molecule has 4 rings (SSSR count). The molecule has 0 amide bonds. The molecule has 3 heterocycles. The SMILES string of the molecule is CNc1ncc(-c2cc(N3CCOCC3)cc(S(=O)(=O)C3CCOCC3)c2)cn1. The molecule has 156 valence electrons. The summed E-state index contributed by atoms with van der Waals surface area (Å²) in [5.41, 5.74) is 2.46. The van der Waals surface area contributed by atoms with Gasteiger partial charge in [-0.3, -0.25) is 0 Å². The molecule has 2 saturated heterocycles. The second kappa shape index (κ2) is 8.64. The van der Waals surface area contributed by atoms with Gasteiger partial charge in [0.05, 0.1) is 23.4 Å². The van der Waals surface area contributed by atoms with Crippen molar-refractivity contribution in [2.75, 3.05) is 56.8 Å². The van der Waals surface area contributed by atoms with Crippen molar-refractivity contribution in [3.63, 3.8) is 0 Å². The molecule has 9 heteroatoms. The van der Waals surface area contributed by atoms with E-state index in [1.165, 1.54) is 0 Å². The van der Waals surface area contributed by atoms with Crippen LogP contribution in [0.4, 0.5) is 11.6 Å². The van der Waals surface area contributed by atoms with Gasteiger partial charge in [-0.05, 0) is 36.6 Å². The molecule has 1 aromatic carbocycles. The molecule has 1 N–H and O–H groups in total. The van der Waals surface area contributed by atoms with E-state index in [1.54, 1.807) is 31.6 Å². The second-order valence-electron chi connectivity index (χ2n) is 7.22. The van der Waals surface area contributed by atoms with Crippen LogP contribution in [0.15, 0.2) is 35.5 Å². The zero-order valence-electron chi connectivity index (χ0n) is 16.5. The molecule has 2 aliphatic rings. The lowest BCUT2D eigenvalue weighted by molar-refractivity contribution is 0.0983. The van der Waals surface area contributed by atoms with E-state index in [0.29, 0.717) is 50.1 Å². The first kappa shape index (κ1) is 20.1. The van der Waals surface area contributed by atoms with Gasteiger partial charge < -0.3 is 19.7 Å². The monoisotopic (exact) mass is 418 g/mol. The minimum absolute atomic E-state index is 0.348. The maximum Gasteiger partial charge on any atom is 0.222 e. The van der Waals surface area contributed by atoms with Gasteiger partial charge in [-0.1, -0.05) is 0 Å². The van der Waals surface area contributed by atoms with Crippen LogP contribution in [0.5, 0.6) is 0 Å². The first-order valence-electron chi connectivity index (χ1n) is 9.87. The maximum absolute atomic E-state index is 13.4. The van der Waals surface area contributed by atoms with Crippen molar-refractivity contribution >= 4 is 21.5 Å². The van der Waals surface area contributed by atoms with Crippen LogP contribution < -0.4 is 10.2 Å². The van der Waals surface area contributed by atoms with Crippen LogP contribution in [0.1, 0.15) is 12.8 Å². The number of benzene rings is 1. The number of anilines is 2. The van der Waals surface area contributed by atoms with Crippen molar-refractivity contribution in [2.45, 2.75) is 23.0 Å². The fourth-order valence-corrected chi connectivity index (χ4v) is 5.48. The lowest BCUT2D eigenvalue weighted by Gasteiger charge is -2.30. The van der Waals surface area contributed by atoms with Crippen molar-refractivity contribution in [3.05, 3.63) is 30.6 Å². The summed E-state index contributed by atoms with van der Waals surface area (Å²) in [4.78, 5) is 11.1. The first-order chi connectivity index (χ1) is 14.1. The minimum atomic E-state index is -3.46. The Labute approximate surface area is 171 Å². The van der Waals surface area contributed by atoms with Gasteiger partial charge in [-0.15, -0.1) is 0 Å². The van der Waals surface area contributed by atoms with Crippen LogP contribution in [0.3, 0.4) is 0 Å². The lowest BCUT2D eigenvalue weighted by Crippen LogP contribution is -2.36. The first-order valence-corrected chi connectivity index (χ1v) is 11.4. The Kier molecular flexibility index (Phi) is 5.98. The Morgan fingerprint density at radius 1 is 0.966 bits per heavy atom. The molecule has 0 spiro atoms. The molecule has 2 aliphatic heterocycles. The molecule has 0 saturated carbocycles. The Balaban J connectivity index is 1.76. The summed E-state index contributed by atoms with van der Waals surface area (Å²) in [6, 6.07) is 5.54. The number of ether oxygens (including phenoxy) is 2. The van der Waals surface area contributed by atoms with Crippen molar-refractivity contribution in [2.24, 2.45) is 0 Å². The molecule has 2 fully saturated rings. The Morgan fingerprint density at radius 3 is 2.28 bits per heavy atom. The number of morpholine rings is 1. The number of hydrogen-bond acceptors (Lipinski definition) is 8. The summed E-state index contributed by atoms with van der Waals surface area (Å²) >= 11 is 0. The fourth-order valence-electron chi connectivity index (χ4n) is 3.70. The van der Waals surface area contributed by atoms with Gasteiger partial charge >= 0.3 is 0 Å². The third kappa shape index (κ3) is 4.36. The molecule has 0 bridgehead atoms.